The number of nitrogens with one attached hydrogen (secondary N) is 3. The fourth-order valence-electron chi connectivity index (χ4n) is 5.94. The predicted octanol–water partition coefficient (Wildman–Crippen LogP) is 5.56. The van der Waals surface area contributed by atoms with Gasteiger partial charge in [0.15, 0.2) is 0 Å². The second kappa shape index (κ2) is 10.4. The number of amides is 2. The molecule has 2 fully saturated rings. The van der Waals surface area contributed by atoms with Crippen molar-refractivity contribution in [2.75, 3.05) is 36.8 Å². The molecule has 0 aromatic heterocycles. The summed E-state index contributed by atoms with van der Waals surface area (Å²) in [4.78, 5) is 28.5. The van der Waals surface area contributed by atoms with E-state index in [0.29, 0.717) is 28.7 Å². The Labute approximate surface area is 218 Å². The van der Waals surface area contributed by atoms with Gasteiger partial charge >= 0.3 is 0 Å². The van der Waals surface area contributed by atoms with Crippen LogP contribution in [0, 0.1) is 5.92 Å². The first-order valence-corrected chi connectivity index (χ1v) is 13.5. The van der Waals surface area contributed by atoms with E-state index in [1.54, 1.807) is 0 Å². The molecule has 190 valence electrons. The molecule has 1 unspecified atom stereocenters. The van der Waals surface area contributed by atoms with Gasteiger partial charge in [0.25, 0.3) is 11.8 Å². The van der Waals surface area contributed by atoms with Gasteiger partial charge in [0.05, 0.1) is 22.6 Å². The molecule has 3 aromatic carbocycles. The molecule has 37 heavy (non-hydrogen) atoms. The molecule has 3 aliphatic heterocycles. The molecule has 6 rings (SSSR count). The van der Waals surface area contributed by atoms with Crippen molar-refractivity contribution in [3.05, 3.63) is 89.0 Å². The van der Waals surface area contributed by atoms with Gasteiger partial charge in [0.1, 0.15) is 0 Å². The van der Waals surface area contributed by atoms with Crippen LogP contribution in [-0.2, 0) is 6.42 Å². The largest absolute Gasteiger partial charge is 0.353 e. The number of piperidine rings is 2. The Morgan fingerprint density at radius 3 is 2.46 bits per heavy atom. The second-order valence-corrected chi connectivity index (χ2v) is 10.6. The molecule has 0 bridgehead atoms. The minimum atomic E-state index is -0.141. The highest BCUT2D eigenvalue weighted by Crippen LogP contribution is 2.35. The average molecular weight is 495 g/mol. The van der Waals surface area contributed by atoms with Crippen LogP contribution in [0.25, 0.3) is 0 Å². The van der Waals surface area contributed by atoms with Crippen molar-refractivity contribution >= 4 is 28.9 Å². The number of hydrogen-bond donors (Lipinski definition) is 3. The number of fused-ring (bicyclic) bond motifs is 2. The number of hydrogen-bond acceptors (Lipinski definition) is 4. The van der Waals surface area contributed by atoms with Gasteiger partial charge in [-0.1, -0.05) is 36.4 Å². The van der Waals surface area contributed by atoms with Crippen molar-refractivity contribution in [1.29, 1.82) is 0 Å². The molecule has 0 spiro atoms. The monoisotopic (exact) mass is 494 g/mol. The Kier molecular flexibility index (Phi) is 6.66. The fraction of sp³-hybridized carbons (Fsp3) is 0.355. The fourth-order valence-corrected chi connectivity index (χ4v) is 5.94. The first kappa shape index (κ1) is 23.7. The predicted molar refractivity (Wildman–Crippen MR) is 148 cm³/mol. The van der Waals surface area contributed by atoms with E-state index in [-0.39, 0.29) is 11.8 Å². The van der Waals surface area contributed by atoms with E-state index >= 15 is 0 Å². The van der Waals surface area contributed by atoms with Gasteiger partial charge in [-0.05, 0) is 91.9 Å². The highest BCUT2D eigenvalue weighted by Gasteiger charge is 2.26. The normalized spacial score (nSPS) is 19.7. The molecular formula is C31H34N4O2. The zero-order valence-corrected chi connectivity index (χ0v) is 21.1. The van der Waals surface area contributed by atoms with Crippen LogP contribution in [0.3, 0.4) is 0 Å². The van der Waals surface area contributed by atoms with Crippen LogP contribution < -0.4 is 16.0 Å². The van der Waals surface area contributed by atoms with E-state index in [1.807, 2.05) is 35.2 Å². The lowest BCUT2D eigenvalue weighted by molar-refractivity contribution is 0.0690. The lowest BCUT2D eigenvalue weighted by atomic mass is 9.90. The maximum atomic E-state index is 13.3. The Bertz CT molecular complexity index is 1290. The van der Waals surface area contributed by atoms with Crippen molar-refractivity contribution < 1.29 is 9.59 Å². The molecule has 1 atom stereocenters. The van der Waals surface area contributed by atoms with Gasteiger partial charge in [-0.25, -0.2) is 0 Å². The molecule has 0 aliphatic carbocycles. The molecule has 3 aliphatic rings. The summed E-state index contributed by atoms with van der Waals surface area (Å²) in [7, 11) is 0. The highest BCUT2D eigenvalue weighted by molar-refractivity contribution is 6.13. The summed E-state index contributed by atoms with van der Waals surface area (Å²) < 4.78 is 0. The zero-order valence-electron chi connectivity index (χ0n) is 21.1. The van der Waals surface area contributed by atoms with Crippen molar-refractivity contribution in [3.63, 3.8) is 0 Å². The van der Waals surface area contributed by atoms with Gasteiger partial charge in [-0.2, -0.15) is 0 Å². The maximum absolute atomic E-state index is 13.3. The van der Waals surface area contributed by atoms with Crippen molar-refractivity contribution in [2.45, 2.75) is 38.0 Å². The van der Waals surface area contributed by atoms with Gasteiger partial charge in [-0.15, -0.1) is 0 Å². The quantitative estimate of drug-likeness (QED) is 0.444. The summed E-state index contributed by atoms with van der Waals surface area (Å²) in [5.74, 6) is 0.926. The number of nitrogens with zero attached hydrogens (tertiary/aromatic N) is 1. The van der Waals surface area contributed by atoms with Gasteiger partial charge in [0, 0.05) is 25.2 Å². The van der Waals surface area contributed by atoms with Crippen molar-refractivity contribution in [2.24, 2.45) is 5.92 Å². The Morgan fingerprint density at radius 1 is 0.865 bits per heavy atom. The molecule has 3 aromatic rings. The van der Waals surface area contributed by atoms with Gasteiger partial charge < -0.3 is 20.9 Å². The first-order valence-electron chi connectivity index (χ1n) is 13.5. The number of carbonyl (C=O) groups excluding carboxylic acids is 2. The third kappa shape index (κ3) is 5.12. The average Bonchev–Trinajstić information content (AvgIpc) is 3.09. The summed E-state index contributed by atoms with van der Waals surface area (Å²) >= 11 is 0. The van der Waals surface area contributed by atoms with Crippen LogP contribution in [-0.4, -0.2) is 42.9 Å². The van der Waals surface area contributed by atoms with Crippen LogP contribution in [0.1, 0.15) is 63.4 Å². The van der Waals surface area contributed by atoms with E-state index < -0.39 is 0 Å². The molecule has 2 amide bonds. The number of anilines is 3. The van der Waals surface area contributed by atoms with Crippen LogP contribution >= 0.6 is 0 Å². The smallest absolute Gasteiger partial charge is 0.257 e. The van der Waals surface area contributed by atoms with E-state index in [0.717, 1.165) is 69.7 Å². The molecular weight excluding hydrogens is 460 g/mol. The SMILES string of the molecule is O=C1Nc2cc(C(=O)N3CCC(Cc4ccccc4)CC3)ccc2Nc2ccc(C3CCCNC3)cc21. The summed E-state index contributed by atoms with van der Waals surface area (Å²) in [6.45, 7) is 3.54. The van der Waals surface area contributed by atoms with Crippen LogP contribution in [0.15, 0.2) is 66.7 Å². The summed E-state index contributed by atoms with van der Waals surface area (Å²) in [5.41, 5.74) is 6.06. The Morgan fingerprint density at radius 2 is 1.68 bits per heavy atom. The Hall–Kier alpha value is -3.64. The minimum absolute atomic E-state index is 0.0315. The van der Waals surface area contributed by atoms with Crippen molar-refractivity contribution in [1.82, 2.24) is 10.2 Å². The lowest BCUT2D eigenvalue weighted by Crippen LogP contribution is -2.38. The van der Waals surface area contributed by atoms with Gasteiger partial charge in [0.2, 0.25) is 0 Å². The molecule has 2 saturated heterocycles. The van der Waals surface area contributed by atoms with Crippen LogP contribution in [0.2, 0.25) is 0 Å². The number of benzene rings is 3. The lowest BCUT2D eigenvalue weighted by Gasteiger charge is -2.32. The van der Waals surface area contributed by atoms with E-state index in [9.17, 15) is 9.59 Å². The summed E-state index contributed by atoms with van der Waals surface area (Å²) in [6.07, 6.45) is 5.38. The highest BCUT2D eigenvalue weighted by atomic mass is 16.2. The number of carbonyl (C=O) groups is 2. The molecule has 0 radical (unpaired) electrons. The summed E-state index contributed by atoms with van der Waals surface area (Å²) in [6, 6.07) is 22.3. The maximum Gasteiger partial charge on any atom is 0.257 e. The number of likely N-dealkylation sites (tertiary alicyclic amines) is 1. The zero-order chi connectivity index (χ0) is 25.2. The molecule has 6 heteroatoms. The topological polar surface area (TPSA) is 73.5 Å². The minimum Gasteiger partial charge on any atom is -0.353 e. The number of rotatable bonds is 4. The molecule has 0 saturated carbocycles. The van der Waals surface area contributed by atoms with Gasteiger partial charge in [-0.3, -0.25) is 9.59 Å². The van der Waals surface area contributed by atoms with Crippen LogP contribution in [0.5, 0.6) is 0 Å². The van der Waals surface area contributed by atoms with Crippen molar-refractivity contribution in [3.8, 4) is 0 Å². The third-order valence-corrected chi connectivity index (χ3v) is 8.11. The van der Waals surface area contributed by atoms with E-state index in [1.165, 1.54) is 11.1 Å². The second-order valence-electron chi connectivity index (χ2n) is 10.6. The van der Waals surface area contributed by atoms with E-state index in [2.05, 4.69) is 52.3 Å². The molecule has 3 heterocycles. The third-order valence-electron chi connectivity index (χ3n) is 8.11. The van der Waals surface area contributed by atoms with E-state index in [4.69, 9.17) is 0 Å². The van der Waals surface area contributed by atoms with Crippen LogP contribution in [0.4, 0.5) is 17.1 Å². The molecule has 6 nitrogen and oxygen atoms in total. The standard InChI is InChI=1S/C31H34N4O2/c36-30-26-18-23(25-7-4-14-32-20-25)8-10-27(26)33-28-11-9-24(19-29(28)34-30)31(37)35-15-12-22(13-16-35)17-21-5-2-1-3-6-21/h1-3,5-6,8-11,18-19,22,25,32-33H,4,7,12-17,20H2,(H,34,36). The first-order chi connectivity index (χ1) is 18.1. The summed E-state index contributed by atoms with van der Waals surface area (Å²) in [5, 5.41) is 9.92. The Balaban J connectivity index is 1.14. The molecule has 3 N–H and O–H groups in total.